The van der Waals surface area contributed by atoms with Crippen molar-refractivity contribution >= 4 is 23.5 Å². The molecule has 1 N–H and O–H groups in total. The van der Waals surface area contributed by atoms with E-state index in [1.165, 1.54) is 6.92 Å². The van der Waals surface area contributed by atoms with E-state index in [4.69, 9.17) is 4.74 Å². The second-order valence-electron chi connectivity index (χ2n) is 10.9. The van der Waals surface area contributed by atoms with Gasteiger partial charge in [0, 0.05) is 57.5 Å². The van der Waals surface area contributed by atoms with Crippen molar-refractivity contribution in [1.29, 1.82) is 0 Å². The molecule has 0 radical (unpaired) electrons. The van der Waals surface area contributed by atoms with Gasteiger partial charge in [0.05, 0.1) is 19.1 Å². The number of amides is 2. The first kappa shape index (κ1) is 29.5. The van der Waals surface area contributed by atoms with Crippen LogP contribution >= 0.6 is 0 Å². The van der Waals surface area contributed by atoms with E-state index in [9.17, 15) is 19.5 Å². The number of unbranched alkanes of at least 4 members (excludes halogenated alkanes) is 1. The van der Waals surface area contributed by atoms with Gasteiger partial charge in [-0.05, 0) is 43.0 Å². The zero-order valence-corrected chi connectivity index (χ0v) is 24.2. The minimum absolute atomic E-state index is 0.0344. The normalized spacial score (nSPS) is 20.1. The molecular formula is C31H43N4O5+. The smallest absolute Gasteiger partial charge is 0.308 e. The fraction of sp³-hybridized carbons (Fsp3) is 0.548. The van der Waals surface area contributed by atoms with Crippen LogP contribution in [-0.4, -0.2) is 78.1 Å². The third-order valence-corrected chi connectivity index (χ3v) is 8.31. The number of carbonyl (C=O) groups is 3. The summed E-state index contributed by atoms with van der Waals surface area (Å²) in [4.78, 5) is 44.4. The number of carboxylic acid groups (broad SMARTS) is 1. The molecule has 1 aromatic carbocycles. The van der Waals surface area contributed by atoms with Crippen molar-refractivity contribution in [3.05, 3.63) is 53.9 Å². The molecular weight excluding hydrogens is 508 g/mol. The summed E-state index contributed by atoms with van der Waals surface area (Å²) in [6.07, 6.45) is 6.99. The van der Waals surface area contributed by atoms with Crippen molar-refractivity contribution in [3.63, 3.8) is 0 Å². The number of aryl methyl sites for hydroxylation is 1. The SMILES string of the molecule is CCCCN(C(=O)CN1C[C@H](c2ccc3c(c2)CCO3)[C@@H](C(=O)O)[C@@H]1CCN(CC)C(C)=O)c1ccc[n+](C)c1. The number of likely N-dealkylation sites (tertiary alicyclic amines) is 1. The number of hydrogen-bond donors (Lipinski definition) is 1. The lowest BCUT2D eigenvalue weighted by Gasteiger charge is -2.31. The average Bonchev–Trinajstić information content (AvgIpc) is 3.53. The number of anilines is 1. The largest absolute Gasteiger partial charge is 0.493 e. The molecule has 0 unspecified atom stereocenters. The first-order valence-corrected chi connectivity index (χ1v) is 14.5. The molecule has 0 bridgehead atoms. The topological polar surface area (TPSA) is 94.3 Å². The number of fused-ring (bicyclic) bond motifs is 1. The number of ether oxygens (including phenoxy) is 1. The molecule has 4 rings (SSSR count). The monoisotopic (exact) mass is 551 g/mol. The Hall–Kier alpha value is -3.46. The number of nitrogens with zero attached hydrogens (tertiary/aromatic N) is 4. The molecule has 3 atom stereocenters. The zero-order chi connectivity index (χ0) is 28.8. The summed E-state index contributed by atoms with van der Waals surface area (Å²) in [6, 6.07) is 9.47. The van der Waals surface area contributed by atoms with Gasteiger partial charge in [0.25, 0.3) is 0 Å². The second kappa shape index (κ2) is 13.3. The van der Waals surface area contributed by atoms with Crippen LogP contribution in [0.3, 0.4) is 0 Å². The summed E-state index contributed by atoms with van der Waals surface area (Å²) in [5, 5.41) is 10.5. The highest BCUT2D eigenvalue weighted by atomic mass is 16.5. The molecule has 1 aromatic heterocycles. The molecule has 40 heavy (non-hydrogen) atoms. The number of carbonyl (C=O) groups excluding carboxylic acids is 2. The van der Waals surface area contributed by atoms with Crippen LogP contribution < -0.4 is 14.2 Å². The first-order valence-electron chi connectivity index (χ1n) is 14.5. The second-order valence-corrected chi connectivity index (χ2v) is 10.9. The Kier molecular flexibility index (Phi) is 9.79. The minimum Gasteiger partial charge on any atom is -0.493 e. The summed E-state index contributed by atoms with van der Waals surface area (Å²) >= 11 is 0. The van der Waals surface area contributed by atoms with Gasteiger partial charge in [-0.3, -0.25) is 19.3 Å². The Morgan fingerprint density at radius 2 is 1.98 bits per heavy atom. The lowest BCUT2D eigenvalue weighted by atomic mass is 9.83. The van der Waals surface area contributed by atoms with E-state index in [-0.39, 0.29) is 30.3 Å². The van der Waals surface area contributed by atoms with Crippen molar-refractivity contribution in [2.45, 2.75) is 58.4 Å². The fourth-order valence-corrected chi connectivity index (χ4v) is 6.16. The Morgan fingerprint density at radius 1 is 1.18 bits per heavy atom. The van der Waals surface area contributed by atoms with E-state index < -0.39 is 11.9 Å². The standard InChI is InChI=1S/C31H42N4O5/c1-5-7-15-35(25-9-8-14-32(4)19-25)29(37)21-34-20-26(23-10-11-28-24(18-23)13-17-40-28)30(31(38)39)27(34)12-16-33(6-2)22(3)36/h8-11,14,18-19,26-27,30H,5-7,12-13,15-17,20-21H2,1-4H3/p+1/t26-,27+,30-/m1/s1. The summed E-state index contributed by atoms with van der Waals surface area (Å²) < 4.78 is 7.60. The molecule has 216 valence electrons. The molecule has 2 aliphatic heterocycles. The molecule has 0 spiro atoms. The highest BCUT2D eigenvalue weighted by Gasteiger charge is 2.47. The number of benzene rings is 1. The third-order valence-electron chi connectivity index (χ3n) is 8.31. The molecule has 9 heteroatoms. The van der Waals surface area contributed by atoms with E-state index in [1.807, 2.05) is 65.0 Å². The molecule has 2 amide bonds. The van der Waals surface area contributed by atoms with Crippen molar-refractivity contribution in [2.24, 2.45) is 13.0 Å². The zero-order valence-electron chi connectivity index (χ0n) is 24.2. The summed E-state index contributed by atoms with van der Waals surface area (Å²) in [5.74, 6) is -1.06. The van der Waals surface area contributed by atoms with Crippen molar-refractivity contribution in [1.82, 2.24) is 9.80 Å². The van der Waals surface area contributed by atoms with Gasteiger partial charge in [0.15, 0.2) is 12.4 Å². The van der Waals surface area contributed by atoms with Crippen LogP contribution in [0.15, 0.2) is 42.7 Å². The number of hydrogen-bond acceptors (Lipinski definition) is 5. The van der Waals surface area contributed by atoms with E-state index >= 15 is 0 Å². The summed E-state index contributed by atoms with van der Waals surface area (Å²) in [5.41, 5.74) is 2.90. The Bertz CT molecular complexity index is 1220. The highest BCUT2D eigenvalue weighted by molar-refractivity contribution is 5.94. The fourth-order valence-electron chi connectivity index (χ4n) is 6.16. The van der Waals surface area contributed by atoms with Gasteiger partial charge < -0.3 is 19.6 Å². The maximum Gasteiger partial charge on any atom is 0.308 e. The van der Waals surface area contributed by atoms with Crippen LogP contribution in [0.4, 0.5) is 5.69 Å². The lowest BCUT2D eigenvalue weighted by Crippen LogP contribution is -2.46. The van der Waals surface area contributed by atoms with Crippen LogP contribution in [0, 0.1) is 5.92 Å². The van der Waals surface area contributed by atoms with Crippen LogP contribution in [0.5, 0.6) is 5.75 Å². The highest BCUT2D eigenvalue weighted by Crippen LogP contribution is 2.41. The summed E-state index contributed by atoms with van der Waals surface area (Å²) in [6.45, 7) is 8.38. The predicted molar refractivity (Wildman–Crippen MR) is 152 cm³/mol. The number of aliphatic carboxylic acids is 1. The molecule has 2 aliphatic rings. The first-order chi connectivity index (χ1) is 19.2. The predicted octanol–water partition coefficient (Wildman–Crippen LogP) is 3.01. The van der Waals surface area contributed by atoms with Gasteiger partial charge in [0.2, 0.25) is 11.8 Å². The quantitative estimate of drug-likeness (QED) is 0.408. The molecule has 0 aliphatic carbocycles. The number of carboxylic acids is 1. The van der Waals surface area contributed by atoms with Gasteiger partial charge in [-0.2, -0.15) is 0 Å². The molecule has 9 nitrogen and oxygen atoms in total. The molecule has 1 saturated heterocycles. The van der Waals surface area contributed by atoms with E-state index in [0.29, 0.717) is 39.2 Å². The van der Waals surface area contributed by atoms with E-state index in [0.717, 1.165) is 41.8 Å². The Morgan fingerprint density at radius 3 is 2.65 bits per heavy atom. The lowest BCUT2D eigenvalue weighted by molar-refractivity contribution is -0.670. The Balaban J connectivity index is 1.64. The minimum atomic E-state index is -0.870. The Labute approximate surface area is 237 Å². The number of pyridine rings is 1. The van der Waals surface area contributed by atoms with Crippen LogP contribution in [0.25, 0.3) is 0 Å². The summed E-state index contributed by atoms with van der Waals surface area (Å²) in [7, 11) is 1.93. The van der Waals surface area contributed by atoms with Crippen molar-refractivity contribution < 1.29 is 28.8 Å². The van der Waals surface area contributed by atoms with Crippen molar-refractivity contribution in [3.8, 4) is 5.75 Å². The third kappa shape index (κ3) is 6.63. The van der Waals surface area contributed by atoms with Gasteiger partial charge in [-0.1, -0.05) is 25.5 Å². The van der Waals surface area contributed by atoms with E-state index in [2.05, 4.69) is 13.0 Å². The number of aromatic nitrogens is 1. The molecule has 1 fully saturated rings. The van der Waals surface area contributed by atoms with Gasteiger partial charge in [-0.25, -0.2) is 4.57 Å². The van der Waals surface area contributed by atoms with Gasteiger partial charge in [-0.15, -0.1) is 0 Å². The van der Waals surface area contributed by atoms with Gasteiger partial charge >= 0.3 is 5.97 Å². The van der Waals surface area contributed by atoms with Crippen molar-refractivity contribution in [2.75, 3.05) is 44.2 Å². The maximum atomic E-state index is 13.9. The van der Waals surface area contributed by atoms with Crippen LogP contribution in [-0.2, 0) is 27.9 Å². The maximum absolute atomic E-state index is 13.9. The number of rotatable bonds is 12. The molecule has 3 heterocycles. The van der Waals surface area contributed by atoms with Crippen LogP contribution in [0.2, 0.25) is 0 Å². The average molecular weight is 552 g/mol. The van der Waals surface area contributed by atoms with E-state index in [1.54, 1.807) is 4.90 Å². The molecule has 0 saturated carbocycles. The van der Waals surface area contributed by atoms with Crippen LogP contribution in [0.1, 0.15) is 57.1 Å². The van der Waals surface area contributed by atoms with Gasteiger partial charge in [0.1, 0.15) is 18.5 Å². The molecule has 2 aromatic rings.